The number of ether oxygens (including phenoxy) is 1. The van der Waals surface area contributed by atoms with Crippen molar-refractivity contribution in [3.8, 4) is 5.75 Å². The highest BCUT2D eigenvalue weighted by Gasteiger charge is 2.05. The summed E-state index contributed by atoms with van der Waals surface area (Å²) in [6.45, 7) is 1.91. The molecule has 0 heterocycles. The molecule has 0 N–H and O–H groups in total. The molecular formula is C16H13ClO2. The number of carbonyl (C=O) groups excluding carboxylic acids is 1. The topological polar surface area (TPSA) is 26.3 Å². The van der Waals surface area contributed by atoms with E-state index in [1.54, 1.807) is 18.2 Å². The third kappa shape index (κ3) is 3.97. The maximum absolute atomic E-state index is 11.7. The van der Waals surface area contributed by atoms with Crippen molar-refractivity contribution in [2.45, 2.75) is 6.92 Å². The predicted octanol–water partition coefficient (Wildman–Crippen LogP) is 4.27. The number of carbonyl (C=O) groups is 1. The van der Waals surface area contributed by atoms with Gasteiger partial charge >= 0.3 is 5.97 Å². The normalized spacial score (nSPS) is 10.6. The first kappa shape index (κ1) is 13.4. The fraction of sp³-hybridized carbons (Fsp3) is 0.0625. The van der Waals surface area contributed by atoms with Crippen LogP contribution in [0, 0.1) is 6.92 Å². The molecule has 2 rings (SSSR count). The van der Waals surface area contributed by atoms with Crippen LogP contribution in [-0.2, 0) is 4.79 Å². The average Bonchev–Trinajstić information content (AvgIpc) is 2.42. The third-order valence-corrected chi connectivity index (χ3v) is 2.82. The molecular weight excluding hydrogens is 260 g/mol. The number of benzene rings is 2. The molecule has 0 atom stereocenters. The van der Waals surface area contributed by atoms with E-state index in [-0.39, 0.29) is 0 Å². The monoisotopic (exact) mass is 272 g/mol. The molecule has 0 unspecified atom stereocenters. The van der Waals surface area contributed by atoms with Crippen LogP contribution in [0.1, 0.15) is 11.1 Å². The molecule has 0 saturated heterocycles. The second kappa shape index (κ2) is 6.21. The minimum atomic E-state index is -0.448. The second-order valence-electron chi connectivity index (χ2n) is 4.10. The summed E-state index contributed by atoms with van der Waals surface area (Å²) in [5, 5.41) is 0.423. The van der Waals surface area contributed by atoms with Gasteiger partial charge in [-0.2, -0.15) is 0 Å². The molecule has 0 spiro atoms. The lowest BCUT2D eigenvalue weighted by atomic mass is 10.2. The quantitative estimate of drug-likeness (QED) is 0.474. The van der Waals surface area contributed by atoms with Crippen LogP contribution in [-0.4, -0.2) is 5.97 Å². The van der Waals surface area contributed by atoms with Gasteiger partial charge in [-0.05, 0) is 36.3 Å². The summed E-state index contributed by atoms with van der Waals surface area (Å²) in [7, 11) is 0. The van der Waals surface area contributed by atoms with Gasteiger partial charge in [0.05, 0.1) is 5.02 Å². The van der Waals surface area contributed by atoms with Crippen LogP contribution in [0.3, 0.4) is 0 Å². The van der Waals surface area contributed by atoms with Crippen LogP contribution in [0.25, 0.3) is 6.08 Å². The Morgan fingerprint density at radius 1 is 1.16 bits per heavy atom. The number of aryl methyl sites for hydroxylation is 1. The van der Waals surface area contributed by atoms with Crippen molar-refractivity contribution in [3.63, 3.8) is 0 Å². The Morgan fingerprint density at radius 2 is 1.89 bits per heavy atom. The lowest BCUT2D eigenvalue weighted by molar-refractivity contribution is -0.128. The van der Waals surface area contributed by atoms with Crippen molar-refractivity contribution in [2.24, 2.45) is 0 Å². The summed E-state index contributed by atoms with van der Waals surface area (Å²) < 4.78 is 5.19. The highest BCUT2D eigenvalue weighted by atomic mass is 35.5. The number of rotatable bonds is 3. The van der Waals surface area contributed by atoms with Gasteiger partial charge in [-0.1, -0.05) is 48.0 Å². The van der Waals surface area contributed by atoms with E-state index in [0.717, 1.165) is 11.1 Å². The number of hydrogen-bond donors (Lipinski definition) is 0. The molecule has 0 amide bonds. The molecule has 0 bridgehead atoms. The van der Waals surface area contributed by atoms with Crippen molar-refractivity contribution in [1.29, 1.82) is 0 Å². The van der Waals surface area contributed by atoms with Gasteiger partial charge < -0.3 is 4.74 Å². The molecule has 0 radical (unpaired) electrons. The highest BCUT2D eigenvalue weighted by molar-refractivity contribution is 6.32. The Hall–Kier alpha value is -2.06. The summed E-state index contributed by atoms with van der Waals surface area (Å²) in [6, 6.07) is 14.8. The Labute approximate surface area is 117 Å². The summed E-state index contributed by atoms with van der Waals surface area (Å²) >= 11 is 5.96. The van der Waals surface area contributed by atoms with Gasteiger partial charge in [0.1, 0.15) is 5.75 Å². The first-order valence-corrected chi connectivity index (χ1v) is 6.24. The molecule has 2 nitrogen and oxygen atoms in total. The Bertz CT molecular complexity index is 603. The van der Waals surface area contributed by atoms with Crippen LogP contribution in [0.4, 0.5) is 0 Å². The van der Waals surface area contributed by atoms with Crippen molar-refractivity contribution < 1.29 is 9.53 Å². The third-order valence-electron chi connectivity index (χ3n) is 2.51. The molecule has 0 fully saturated rings. The fourth-order valence-corrected chi connectivity index (χ4v) is 1.72. The van der Waals surface area contributed by atoms with Crippen molar-refractivity contribution in [3.05, 3.63) is 70.8 Å². The maximum atomic E-state index is 11.7. The number of esters is 1. The summed E-state index contributed by atoms with van der Waals surface area (Å²) in [6.07, 6.45) is 3.08. The fourth-order valence-electron chi connectivity index (χ4n) is 1.56. The molecule has 0 aliphatic carbocycles. The highest BCUT2D eigenvalue weighted by Crippen LogP contribution is 2.25. The predicted molar refractivity (Wildman–Crippen MR) is 77.3 cm³/mol. The van der Waals surface area contributed by atoms with E-state index in [1.807, 2.05) is 43.3 Å². The van der Waals surface area contributed by atoms with Crippen molar-refractivity contribution in [1.82, 2.24) is 0 Å². The second-order valence-corrected chi connectivity index (χ2v) is 4.51. The van der Waals surface area contributed by atoms with Gasteiger partial charge in [0.25, 0.3) is 0 Å². The number of halogens is 1. The standard InChI is InChI=1S/C16H13ClO2/c1-12-7-9-14(17)15(11-12)19-16(18)10-8-13-5-3-2-4-6-13/h2-11H,1H3/b10-8-. The van der Waals surface area contributed by atoms with E-state index < -0.39 is 5.97 Å². The summed E-state index contributed by atoms with van der Waals surface area (Å²) in [5.41, 5.74) is 1.93. The Balaban J connectivity index is 2.06. The van der Waals surface area contributed by atoms with Crippen LogP contribution < -0.4 is 4.74 Å². The largest absolute Gasteiger partial charge is 0.422 e. The van der Waals surface area contributed by atoms with E-state index in [0.29, 0.717) is 10.8 Å². The van der Waals surface area contributed by atoms with Gasteiger partial charge in [-0.15, -0.1) is 0 Å². The minimum Gasteiger partial charge on any atom is -0.422 e. The summed E-state index contributed by atoms with van der Waals surface area (Å²) in [5.74, 6) is -0.0688. The zero-order chi connectivity index (χ0) is 13.7. The van der Waals surface area contributed by atoms with Crippen molar-refractivity contribution >= 4 is 23.6 Å². The van der Waals surface area contributed by atoms with Gasteiger partial charge in [-0.3, -0.25) is 0 Å². The van der Waals surface area contributed by atoms with Crippen LogP contribution in [0.2, 0.25) is 5.02 Å². The molecule has 0 aliphatic heterocycles. The van der Waals surface area contributed by atoms with Crippen LogP contribution in [0.5, 0.6) is 5.75 Å². The molecule has 0 aromatic heterocycles. The lowest BCUT2D eigenvalue weighted by Gasteiger charge is -2.04. The first-order chi connectivity index (χ1) is 9.15. The Morgan fingerprint density at radius 3 is 2.63 bits per heavy atom. The SMILES string of the molecule is Cc1ccc(Cl)c(OC(=O)/C=C\c2ccccc2)c1. The molecule has 2 aromatic rings. The minimum absolute atomic E-state index is 0.379. The van der Waals surface area contributed by atoms with Crippen LogP contribution >= 0.6 is 11.6 Å². The van der Waals surface area contributed by atoms with Crippen LogP contribution in [0.15, 0.2) is 54.6 Å². The van der Waals surface area contributed by atoms with Gasteiger partial charge in [-0.25, -0.2) is 4.79 Å². The van der Waals surface area contributed by atoms with E-state index in [9.17, 15) is 4.79 Å². The zero-order valence-corrected chi connectivity index (χ0v) is 11.2. The average molecular weight is 273 g/mol. The molecule has 2 aromatic carbocycles. The molecule has 0 saturated carbocycles. The molecule has 19 heavy (non-hydrogen) atoms. The first-order valence-electron chi connectivity index (χ1n) is 5.86. The Kier molecular flexibility index (Phi) is 4.37. The number of hydrogen-bond acceptors (Lipinski definition) is 2. The van der Waals surface area contributed by atoms with Gasteiger partial charge in [0.15, 0.2) is 0 Å². The van der Waals surface area contributed by atoms with E-state index in [4.69, 9.17) is 16.3 Å². The summed E-state index contributed by atoms with van der Waals surface area (Å²) in [4.78, 5) is 11.7. The van der Waals surface area contributed by atoms with Gasteiger partial charge in [0.2, 0.25) is 0 Å². The van der Waals surface area contributed by atoms with E-state index in [2.05, 4.69) is 0 Å². The van der Waals surface area contributed by atoms with E-state index >= 15 is 0 Å². The smallest absolute Gasteiger partial charge is 0.336 e. The van der Waals surface area contributed by atoms with Gasteiger partial charge in [0, 0.05) is 6.08 Å². The zero-order valence-electron chi connectivity index (χ0n) is 10.5. The molecule has 3 heteroatoms. The van der Waals surface area contributed by atoms with E-state index in [1.165, 1.54) is 6.08 Å². The van der Waals surface area contributed by atoms with Crippen molar-refractivity contribution in [2.75, 3.05) is 0 Å². The maximum Gasteiger partial charge on any atom is 0.336 e. The lowest BCUT2D eigenvalue weighted by Crippen LogP contribution is -2.04. The molecule has 0 aliphatic rings. The molecule has 96 valence electrons.